The van der Waals surface area contributed by atoms with E-state index in [0.717, 1.165) is 6.26 Å². The molecule has 0 atom stereocenters. The number of hydrogen-bond acceptors (Lipinski definition) is 6. The van der Waals surface area contributed by atoms with Gasteiger partial charge in [0.05, 0.1) is 30.3 Å². The Bertz CT molecular complexity index is 538. The lowest BCUT2D eigenvalue weighted by atomic mass is 10.2. The van der Waals surface area contributed by atoms with Gasteiger partial charge in [-0.05, 0) is 12.1 Å². The first-order chi connectivity index (χ1) is 9.46. The monoisotopic (exact) mass is 302 g/mol. The minimum atomic E-state index is -3.47. The van der Waals surface area contributed by atoms with Gasteiger partial charge in [-0.3, -0.25) is 0 Å². The third-order valence-corrected chi connectivity index (χ3v) is 3.55. The van der Waals surface area contributed by atoms with Gasteiger partial charge in [-0.1, -0.05) is 12.1 Å². The van der Waals surface area contributed by atoms with Crippen LogP contribution < -0.4 is 0 Å². The Hall–Kier alpha value is -1.44. The molecule has 6 nitrogen and oxygen atoms in total. The molecule has 0 unspecified atom stereocenters. The second-order valence-electron chi connectivity index (χ2n) is 4.01. The zero-order valence-corrected chi connectivity index (χ0v) is 12.3. The summed E-state index contributed by atoms with van der Waals surface area (Å²) < 4.78 is 38.0. The minimum Gasteiger partial charge on any atom is -0.460 e. The quantitative estimate of drug-likeness (QED) is 0.524. The molecule has 0 aliphatic rings. The lowest BCUT2D eigenvalue weighted by molar-refractivity contribution is 0.0211. The van der Waals surface area contributed by atoms with Crippen molar-refractivity contribution in [2.45, 2.75) is 4.90 Å². The van der Waals surface area contributed by atoms with Crippen LogP contribution in [-0.2, 0) is 24.0 Å². The molecule has 1 aromatic carbocycles. The van der Waals surface area contributed by atoms with Crippen molar-refractivity contribution < 1.29 is 27.4 Å². The first kappa shape index (κ1) is 16.6. The Balaban J connectivity index is 2.56. The van der Waals surface area contributed by atoms with E-state index < -0.39 is 15.8 Å². The molecule has 0 fully saturated rings. The standard InChI is InChI=1S/C13H18O6S/c1-17-7-8-18-9-10-19-13(14)11-5-3-4-6-12(11)20(2,15)16/h3-6H,7-10H2,1-2H3. The number of esters is 1. The molecule has 0 radical (unpaired) electrons. The third kappa shape index (κ3) is 5.28. The Morgan fingerprint density at radius 3 is 2.40 bits per heavy atom. The Kier molecular flexibility index (Phi) is 6.63. The molecule has 0 aliphatic heterocycles. The molecule has 0 saturated carbocycles. The average molecular weight is 302 g/mol. The first-order valence-corrected chi connectivity index (χ1v) is 7.89. The van der Waals surface area contributed by atoms with E-state index in [2.05, 4.69) is 0 Å². The third-order valence-electron chi connectivity index (χ3n) is 2.40. The summed E-state index contributed by atoms with van der Waals surface area (Å²) in [5.74, 6) is -0.679. The van der Waals surface area contributed by atoms with Crippen LogP contribution in [0.2, 0.25) is 0 Å². The summed E-state index contributed by atoms with van der Waals surface area (Å²) in [4.78, 5) is 11.8. The molecule has 112 valence electrons. The zero-order chi connectivity index (χ0) is 15.0. The van der Waals surface area contributed by atoms with Crippen molar-refractivity contribution in [3.05, 3.63) is 29.8 Å². The minimum absolute atomic E-state index is 0.0342. The van der Waals surface area contributed by atoms with Crippen LogP contribution >= 0.6 is 0 Å². The van der Waals surface area contributed by atoms with E-state index in [4.69, 9.17) is 14.2 Å². The maximum absolute atomic E-state index is 11.8. The number of carbonyl (C=O) groups excluding carboxylic acids is 1. The number of rotatable bonds is 8. The largest absolute Gasteiger partial charge is 0.460 e. The molecule has 0 saturated heterocycles. The molecule has 7 heteroatoms. The van der Waals surface area contributed by atoms with Gasteiger partial charge in [0.1, 0.15) is 6.61 Å². The lowest BCUT2D eigenvalue weighted by Gasteiger charge is -2.08. The number of carbonyl (C=O) groups is 1. The Morgan fingerprint density at radius 2 is 1.75 bits per heavy atom. The van der Waals surface area contributed by atoms with Crippen molar-refractivity contribution >= 4 is 15.8 Å². The number of methoxy groups -OCH3 is 1. The summed E-state index contributed by atoms with van der Waals surface area (Å²) in [5.41, 5.74) is 0.0342. The van der Waals surface area contributed by atoms with Crippen LogP contribution in [0.15, 0.2) is 29.2 Å². The molecule has 0 aliphatic carbocycles. The van der Waals surface area contributed by atoms with Crippen molar-refractivity contribution in [2.24, 2.45) is 0 Å². The van der Waals surface area contributed by atoms with Gasteiger partial charge in [-0.15, -0.1) is 0 Å². The van der Waals surface area contributed by atoms with E-state index in [1.54, 1.807) is 19.2 Å². The van der Waals surface area contributed by atoms with Crippen LogP contribution in [-0.4, -0.2) is 54.2 Å². The molecule has 0 heterocycles. The molecule has 0 N–H and O–H groups in total. The van der Waals surface area contributed by atoms with E-state index in [-0.39, 0.29) is 23.7 Å². The smallest absolute Gasteiger partial charge is 0.339 e. The summed E-state index contributed by atoms with van der Waals surface area (Å²) >= 11 is 0. The van der Waals surface area contributed by atoms with Crippen molar-refractivity contribution in [3.63, 3.8) is 0 Å². The van der Waals surface area contributed by atoms with Gasteiger partial charge < -0.3 is 14.2 Å². The van der Waals surface area contributed by atoms with Gasteiger partial charge in [-0.25, -0.2) is 13.2 Å². The Labute approximate surface area is 118 Å². The molecule has 1 aromatic rings. The second kappa shape index (κ2) is 7.98. The molecule has 0 bridgehead atoms. The highest BCUT2D eigenvalue weighted by atomic mass is 32.2. The van der Waals surface area contributed by atoms with Crippen molar-refractivity contribution in [2.75, 3.05) is 39.8 Å². The highest BCUT2D eigenvalue weighted by Crippen LogP contribution is 2.16. The molecule has 1 rings (SSSR count). The second-order valence-corrected chi connectivity index (χ2v) is 5.99. The predicted octanol–water partition coefficient (Wildman–Crippen LogP) is 0.910. The lowest BCUT2D eigenvalue weighted by Crippen LogP contribution is -2.15. The summed E-state index contributed by atoms with van der Waals surface area (Å²) in [6.45, 7) is 1.16. The van der Waals surface area contributed by atoms with Crippen molar-refractivity contribution in [1.82, 2.24) is 0 Å². The van der Waals surface area contributed by atoms with Gasteiger partial charge in [0.15, 0.2) is 9.84 Å². The van der Waals surface area contributed by atoms with Crippen molar-refractivity contribution in [1.29, 1.82) is 0 Å². The van der Waals surface area contributed by atoms with Crippen LogP contribution in [0.5, 0.6) is 0 Å². The molecule has 0 amide bonds. The van der Waals surface area contributed by atoms with Gasteiger partial charge in [0.25, 0.3) is 0 Å². The number of ether oxygens (including phenoxy) is 3. The number of hydrogen-bond donors (Lipinski definition) is 0. The maximum atomic E-state index is 11.8. The van der Waals surface area contributed by atoms with Crippen LogP contribution in [0, 0.1) is 0 Å². The van der Waals surface area contributed by atoms with E-state index in [1.807, 2.05) is 0 Å². The Morgan fingerprint density at radius 1 is 1.10 bits per heavy atom. The normalized spacial score (nSPS) is 11.3. The van der Waals surface area contributed by atoms with E-state index in [9.17, 15) is 13.2 Å². The predicted molar refractivity (Wildman–Crippen MR) is 72.5 cm³/mol. The van der Waals surface area contributed by atoms with Crippen molar-refractivity contribution in [3.8, 4) is 0 Å². The maximum Gasteiger partial charge on any atom is 0.339 e. The van der Waals surface area contributed by atoms with Gasteiger partial charge in [0, 0.05) is 13.4 Å². The van der Waals surface area contributed by atoms with E-state index >= 15 is 0 Å². The molecule has 0 spiro atoms. The van der Waals surface area contributed by atoms with Crippen LogP contribution in [0.3, 0.4) is 0 Å². The van der Waals surface area contributed by atoms with Gasteiger partial charge in [0.2, 0.25) is 0 Å². The highest BCUT2D eigenvalue weighted by Gasteiger charge is 2.18. The van der Waals surface area contributed by atoms with Crippen LogP contribution in [0.25, 0.3) is 0 Å². The van der Waals surface area contributed by atoms with Gasteiger partial charge >= 0.3 is 5.97 Å². The molecular formula is C13H18O6S. The average Bonchev–Trinajstić information content (AvgIpc) is 2.41. The number of sulfone groups is 1. The highest BCUT2D eigenvalue weighted by molar-refractivity contribution is 7.90. The summed E-state index contributed by atoms with van der Waals surface area (Å²) in [6.07, 6.45) is 1.05. The van der Waals surface area contributed by atoms with Crippen LogP contribution in [0.1, 0.15) is 10.4 Å². The van der Waals surface area contributed by atoms with Gasteiger partial charge in [-0.2, -0.15) is 0 Å². The fraction of sp³-hybridized carbons (Fsp3) is 0.462. The fourth-order valence-electron chi connectivity index (χ4n) is 1.47. The zero-order valence-electron chi connectivity index (χ0n) is 11.5. The molecule has 0 aromatic heterocycles. The first-order valence-electron chi connectivity index (χ1n) is 5.99. The topological polar surface area (TPSA) is 78.9 Å². The molecular weight excluding hydrogens is 284 g/mol. The summed E-state index contributed by atoms with van der Waals surface area (Å²) in [7, 11) is -1.91. The van der Waals surface area contributed by atoms with Crippen LogP contribution in [0.4, 0.5) is 0 Å². The molecule has 20 heavy (non-hydrogen) atoms. The van der Waals surface area contributed by atoms with E-state index in [1.165, 1.54) is 12.1 Å². The SMILES string of the molecule is COCCOCCOC(=O)c1ccccc1S(C)(=O)=O. The summed E-state index contributed by atoms with van der Waals surface area (Å²) in [6, 6.07) is 5.94. The fourth-order valence-corrected chi connectivity index (χ4v) is 2.35. The summed E-state index contributed by atoms with van der Waals surface area (Å²) in [5, 5.41) is 0. The number of benzene rings is 1. The van der Waals surface area contributed by atoms with E-state index in [0.29, 0.717) is 13.2 Å².